The number of nitrogen functional groups attached to an aromatic ring is 1. The van der Waals surface area contributed by atoms with E-state index in [0.717, 1.165) is 33.3 Å². The SMILES string of the molecule is Cc1cc2c(CCc3sc(-c4ccccc4C(F)(F)F)nc3C(C)C)noc2cc1N. The molecule has 0 amide bonds. The predicted molar refractivity (Wildman–Crippen MR) is 117 cm³/mol. The highest BCUT2D eigenvalue weighted by atomic mass is 32.1. The molecular weight excluding hydrogens is 423 g/mol. The first-order valence-electron chi connectivity index (χ1n) is 9.95. The highest BCUT2D eigenvalue weighted by Gasteiger charge is 2.34. The molecular formula is C23H22F3N3OS. The van der Waals surface area contributed by atoms with Gasteiger partial charge in [-0.1, -0.05) is 37.2 Å². The van der Waals surface area contributed by atoms with Crippen LogP contribution in [0.3, 0.4) is 0 Å². The molecule has 4 aromatic rings. The van der Waals surface area contributed by atoms with E-state index >= 15 is 0 Å². The van der Waals surface area contributed by atoms with Crippen molar-refractivity contribution >= 4 is 28.0 Å². The summed E-state index contributed by atoms with van der Waals surface area (Å²) in [5.41, 5.74) is 9.24. The number of nitrogens with two attached hydrogens (primary N) is 1. The van der Waals surface area contributed by atoms with Crippen molar-refractivity contribution in [2.75, 3.05) is 5.73 Å². The summed E-state index contributed by atoms with van der Waals surface area (Å²) in [7, 11) is 0. The lowest BCUT2D eigenvalue weighted by molar-refractivity contribution is -0.137. The van der Waals surface area contributed by atoms with Crippen LogP contribution in [0.15, 0.2) is 40.9 Å². The van der Waals surface area contributed by atoms with Crippen molar-refractivity contribution in [3.63, 3.8) is 0 Å². The Morgan fingerprint density at radius 1 is 1.13 bits per heavy atom. The first kappa shape index (κ1) is 21.4. The maximum Gasteiger partial charge on any atom is 0.417 e. The van der Waals surface area contributed by atoms with Gasteiger partial charge in [0.2, 0.25) is 0 Å². The molecule has 0 atom stereocenters. The van der Waals surface area contributed by atoms with E-state index in [1.807, 2.05) is 26.8 Å². The lowest BCUT2D eigenvalue weighted by Crippen LogP contribution is -2.06. The number of aromatic nitrogens is 2. The molecule has 0 saturated heterocycles. The molecule has 0 fully saturated rings. The molecule has 0 aliphatic heterocycles. The van der Waals surface area contributed by atoms with Gasteiger partial charge in [-0.05, 0) is 43.4 Å². The largest absolute Gasteiger partial charge is 0.417 e. The van der Waals surface area contributed by atoms with Crippen LogP contribution < -0.4 is 5.73 Å². The van der Waals surface area contributed by atoms with E-state index in [-0.39, 0.29) is 11.5 Å². The number of nitrogens with zero attached hydrogens (tertiary/aromatic N) is 2. The fourth-order valence-electron chi connectivity index (χ4n) is 3.60. The average Bonchev–Trinajstić information content (AvgIpc) is 3.30. The van der Waals surface area contributed by atoms with Gasteiger partial charge in [0, 0.05) is 27.6 Å². The fraction of sp³-hybridized carbons (Fsp3) is 0.304. The second kappa shape index (κ2) is 8.00. The molecule has 0 aliphatic rings. The van der Waals surface area contributed by atoms with Crippen molar-refractivity contribution in [2.45, 2.75) is 45.7 Å². The summed E-state index contributed by atoms with van der Waals surface area (Å²) in [4.78, 5) is 5.56. The van der Waals surface area contributed by atoms with Crippen LogP contribution in [0.1, 0.15) is 47.2 Å². The van der Waals surface area contributed by atoms with Crippen LogP contribution >= 0.6 is 11.3 Å². The minimum absolute atomic E-state index is 0.0918. The van der Waals surface area contributed by atoms with E-state index in [4.69, 9.17) is 10.3 Å². The van der Waals surface area contributed by atoms with Gasteiger partial charge in [-0.3, -0.25) is 0 Å². The van der Waals surface area contributed by atoms with Crippen LogP contribution in [-0.4, -0.2) is 10.1 Å². The molecule has 0 unspecified atom stereocenters. The molecule has 2 aromatic heterocycles. The monoisotopic (exact) mass is 445 g/mol. The Kier molecular flexibility index (Phi) is 5.51. The van der Waals surface area contributed by atoms with Crippen LogP contribution in [0, 0.1) is 6.92 Å². The lowest BCUT2D eigenvalue weighted by Gasteiger charge is -2.10. The number of alkyl halides is 3. The molecule has 4 rings (SSSR count). The molecule has 2 heterocycles. The Labute approximate surface area is 181 Å². The number of fused-ring (bicyclic) bond motifs is 1. The number of anilines is 1. The first-order chi connectivity index (χ1) is 14.6. The molecule has 31 heavy (non-hydrogen) atoms. The van der Waals surface area contributed by atoms with Crippen molar-refractivity contribution < 1.29 is 17.7 Å². The molecule has 8 heteroatoms. The third-order valence-corrected chi connectivity index (χ3v) is 6.42. The molecule has 0 aliphatic carbocycles. The van der Waals surface area contributed by atoms with E-state index < -0.39 is 11.7 Å². The normalized spacial score (nSPS) is 12.2. The Hall–Kier alpha value is -2.87. The lowest BCUT2D eigenvalue weighted by atomic mass is 10.0. The smallest absolute Gasteiger partial charge is 0.398 e. The second-order valence-corrected chi connectivity index (χ2v) is 8.94. The zero-order valence-corrected chi connectivity index (χ0v) is 18.2. The Bertz CT molecular complexity index is 1240. The zero-order valence-electron chi connectivity index (χ0n) is 17.4. The maximum atomic E-state index is 13.5. The van der Waals surface area contributed by atoms with E-state index in [2.05, 4.69) is 10.1 Å². The number of aryl methyl sites for hydroxylation is 3. The summed E-state index contributed by atoms with van der Waals surface area (Å²) < 4.78 is 45.9. The van der Waals surface area contributed by atoms with Crippen LogP contribution in [0.25, 0.3) is 21.5 Å². The van der Waals surface area contributed by atoms with Gasteiger partial charge in [-0.15, -0.1) is 11.3 Å². The Morgan fingerprint density at radius 2 is 1.87 bits per heavy atom. The third-order valence-electron chi connectivity index (χ3n) is 5.26. The predicted octanol–water partition coefficient (Wildman–Crippen LogP) is 6.77. The number of hydrogen-bond donors (Lipinski definition) is 1. The number of halogens is 3. The van der Waals surface area contributed by atoms with Gasteiger partial charge in [0.15, 0.2) is 5.58 Å². The van der Waals surface area contributed by atoms with E-state index in [9.17, 15) is 13.2 Å². The summed E-state index contributed by atoms with van der Waals surface area (Å²) in [6.07, 6.45) is -3.22. The fourth-order valence-corrected chi connectivity index (χ4v) is 4.85. The average molecular weight is 446 g/mol. The molecule has 0 radical (unpaired) electrons. The van der Waals surface area contributed by atoms with Gasteiger partial charge >= 0.3 is 6.18 Å². The molecule has 162 valence electrons. The van der Waals surface area contributed by atoms with Crippen molar-refractivity contribution in [3.05, 3.63) is 63.8 Å². The summed E-state index contributed by atoms with van der Waals surface area (Å²) in [6, 6.07) is 9.30. The van der Waals surface area contributed by atoms with Crippen molar-refractivity contribution in [1.82, 2.24) is 10.1 Å². The van der Waals surface area contributed by atoms with Crippen molar-refractivity contribution in [1.29, 1.82) is 0 Å². The molecule has 2 aromatic carbocycles. The Morgan fingerprint density at radius 3 is 2.58 bits per heavy atom. The summed E-state index contributed by atoms with van der Waals surface area (Å²) >= 11 is 1.31. The summed E-state index contributed by atoms with van der Waals surface area (Å²) in [5, 5.41) is 5.48. The van der Waals surface area contributed by atoms with Gasteiger partial charge in [0.25, 0.3) is 0 Å². The number of hydrogen-bond acceptors (Lipinski definition) is 5. The first-order valence-corrected chi connectivity index (χ1v) is 10.8. The van der Waals surface area contributed by atoms with E-state index in [0.29, 0.717) is 29.1 Å². The minimum Gasteiger partial charge on any atom is -0.398 e. The van der Waals surface area contributed by atoms with Gasteiger partial charge in [-0.25, -0.2) is 4.98 Å². The van der Waals surface area contributed by atoms with Crippen LogP contribution in [0.5, 0.6) is 0 Å². The van der Waals surface area contributed by atoms with E-state index in [1.54, 1.807) is 12.1 Å². The van der Waals surface area contributed by atoms with Gasteiger partial charge in [-0.2, -0.15) is 13.2 Å². The van der Waals surface area contributed by atoms with Crippen molar-refractivity contribution in [3.8, 4) is 10.6 Å². The summed E-state index contributed by atoms with van der Waals surface area (Å²) in [6.45, 7) is 5.92. The molecule has 4 nitrogen and oxygen atoms in total. The molecule has 0 bridgehead atoms. The standard InChI is InChI=1S/C23H22F3N3OS/c1-12(2)21-20(9-8-18-15-10-13(3)17(27)11-19(15)30-29-18)31-22(28-21)14-6-4-5-7-16(14)23(24,25)26/h4-7,10-12H,8-9,27H2,1-3H3. The minimum atomic E-state index is -4.43. The van der Waals surface area contributed by atoms with Gasteiger partial charge in [0.1, 0.15) is 5.01 Å². The van der Waals surface area contributed by atoms with Gasteiger partial charge in [0.05, 0.1) is 17.0 Å². The van der Waals surface area contributed by atoms with Crippen molar-refractivity contribution in [2.24, 2.45) is 0 Å². The number of rotatable bonds is 5. The zero-order chi connectivity index (χ0) is 22.3. The highest BCUT2D eigenvalue weighted by Crippen LogP contribution is 2.40. The topological polar surface area (TPSA) is 64.9 Å². The van der Waals surface area contributed by atoms with Crippen LogP contribution in [0.2, 0.25) is 0 Å². The molecule has 2 N–H and O–H groups in total. The molecule has 0 saturated carbocycles. The molecule has 0 spiro atoms. The second-order valence-electron chi connectivity index (χ2n) is 7.86. The van der Waals surface area contributed by atoms with Crippen LogP contribution in [0.4, 0.5) is 18.9 Å². The number of thiazole rings is 1. The number of benzene rings is 2. The van der Waals surface area contributed by atoms with E-state index in [1.165, 1.54) is 23.5 Å². The van der Waals surface area contributed by atoms with Gasteiger partial charge < -0.3 is 10.3 Å². The summed E-state index contributed by atoms with van der Waals surface area (Å²) in [5.74, 6) is 0.0918. The van der Waals surface area contributed by atoms with Crippen LogP contribution in [-0.2, 0) is 19.0 Å². The highest BCUT2D eigenvalue weighted by molar-refractivity contribution is 7.15. The quantitative estimate of drug-likeness (QED) is 0.344. The third kappa shape index (κ3) is 4.17. The maximum absolute atomic E-state index is 13.5. The Balaban J connectivity index is 1.68.